The molecule has 6 nitrogen and oxygen atoms in total. The average Bonchev–Trinajstić information content (AvgIpc) is 3.18. The monoisotopic (exact) mass is 361 g/mol. The summed E-state index contributed by atoms with van der Waals surface area (Å²) in [6.07, 6.45) is 2.56. The molecule has 1 amide bonds. The Bertz CT molecular complexity index is 949. The molecule has 0 saturated carbocycles. The molecule has 0 aliphatic carbocycles. The fourth-order valence-corrected chi connectivity index (χ4v) is 3.85. The van der Waals surface area contributed by atoms with Gasteiger partial charge in [0.25, 0.3) is 0 Å². The van der Waals surface area contributed by atoms with E-state index in [1.165, 1.54) is 0 Å². The Morgan fingerprint density at radius 1 is 1.22 bits per heavy atom. The lowest BCUT2D eigenvalue weighted by Crippen LogP contribution is -2.43. The van der Waals surface area contributed by atoms with Gasteiger partial charge in [-0.3, -0.25) is 9.89 Å². The number of aromatic nitrogens is 2. The summed E-state index contributed by atoms with van der Waals surface area (Å²) in [5.74, 6) is 0.0592. The molecule has 1 aliphatic rings. The lowest BCUT2D eigenvalue weighted by atomic mass is 9.89. The highest BCUT2D eigenvalue weighted by Crippen LogP contribution is 2.40. The minimum Gasteiger partial charge on any atom is -0.399 e. The summed E-state index contributed by atoms with van der Waals surface area (Å²) >= 11 is 0. The third kappa shape index (κ3) is 3.26. The number of hydrogen-bond donors (Lipinski definition) is 3. The van der Waals surface area contributed by atoms with Crippen LogP contribution in [0.2, 0.25) is 0 Å². The molecule has 27 heavy (non-hydrogen) atoms. The molecule has 0 spiro atoms. The molecule has 3 aromatic rings. The van der Waals surface area contributed by atoms with Gasteiger partial charge in [0.05, 0.1) is 11.7 Å². The zero-order chi connectivity index (χ0) is 19.0. The summed E-state index contributed by atoms with van der Waals surface area (Å²) in [7, 11) is 0. The molecule has 4 N–H and O–H groups in total. The van der Waals surface area contributed by atoms with Gasteiger partial charge < -0.3 is 16.0 Å². The molecule has 1 aromatic heterocycles. The average molecular weight is 361 g/mol. The fraction of sp³-hybridized carbons (Fsp3) is 0.238. The second kappa shape index (κ2) is 6.79. The maximum atomic E-state index is 12.3. The van der Waals surface area contributed by atoms with E-state index < -0.39 is 0 Å². The maximum absolute atomic E-state index is 12.3. The topological polar surface area (TPSA) is 87.0 Å². The van der Waals surface area contributed by atoms with Crippen molar-refractivity contribution in [2.75, 3.05) is 16.0 Å². The Kier molecular flexibility index (Phi) is 4.32. The molecule has 2 heterocycles. The van der Waals surface area contributed by atoms with Gasteiger partial charge in [0, 0.05) is 41.8 Å². The van der Waals surface area contributed by atoms with Gasteiger partial charge in [-0.25, -0.2) is 0 Å². The highest BCUT2D eigenvalue weighted by Gasteiger charge is 2.32. The minimum atomic E-state index is 0.0592. The van der Waals surface area contributed by atoms with Gasteiger partial charge in [0.1, 0.15) is 0 Å². The number of nitrogens with two attached hydrogens (primary N) is 1. The van der Waals surface area contributed by atoms with Gasteiger partial charge >= 0.3 is 0 Å². The molecule has 0 bridgehead atoms. The predicted octanol–water partition coefficient (Wildman–Crippen LogP) is 3.96. The van der Waals surface area contributed by atoms with E-state index in [9.17, 15) is 4.79 Å². The van der Waals surface area contributed by atoms with Crippen molar-refractivity contribution in [3.8, 4) is 11.3 Å². The van der Waals surface area contributed by atoms with Gasteiger partial charge in [0.15, 0.2) is 0 Å². The fourth-order valence-electron chi connectivity index (χ4n) is 3.85. The first-order chi connectivity index (χ1) is 13.0. The maximum Gasteiger partial charge on any atom is 0.224 e. The predicted molar refractivity (Wildman–Crippen MR) is 108 cm³/mol. The number of H-pyrrole nitrogens is 1. The third-order valence-corrected chi connectivity index (χ3v) is 5.08. The molecule has 2 aromatic carbocycles. The van der Waals surface area contributed by atoms with E-state index in [0.717, 1.165) is 40.3 Å². The van der Waals surface area contributed by atoms with Gasteiger partial charge in [-0.1, -0.05) is 6.07 Å². The molecule has 0 saturated heterocycles. The molecular formula is C21H23N5O. The van der Waals surface area contributed by atoms with Gasteiger partial charge in [0.2, 0.25) is 5.91 Å². The zero-order valence-corrected chi connectivity index (χ0v) is 15.4. The second-order valence-electron chi connectivity index (χ2n) is 7.04. The summed E-state index contributed by atoms with van der Waals surface area (Å²) in [5.41, 5.74) is 11.6. The van der Waals surface area contributed by atoms with Crippen molar-refractivity contribution in [1.29, 1.82) is 0 Å². The number of nitrogens with one attached hydrogen (secondary N) is 2. The van der Waals surface area contributed by atoms with Crippen LogP contribution in [0.25, 0.3) is 11.3 Å². The van der Waals surface area contributed by atoms with E-state index in [0.29, 0.717) is 0 Å². The second-order valence-corrected chi connectivity index (χ2v) is 7.04. The van der Waals surface area contributed by atoms with Crippen LogP contribution in [-0.2, 0) is 4.79 Å². The van der Waals surface area contributed by atoms with Crippen molar-refractivity contribution in [1.82, 2.24) is 10.2 Å². The lowest BCUT2D eigenvalue weighted by molar-refractivity contribution is -0.117. The van der Waals surface area contributed by atoms with Gasteiger partial charge in [-0.05, 0) is 61.4 Å². The van der Waals surface area contributed by atoms with E-state index in [4.69, 9.17) is 5.73 Å². The van der Waals surface area contributed by atoms with Crippen molar-refractivity contribution in [3.63, 3.8) is 0 Å². The van der Waals surface area contributed by atoms with Crippen molar-refractivity contribution < 1.29 is 4.79 Å². The van der Waals surface area contributed by atoms with Gasteiger partial charge in [-0.15, -0.1) is 0 Å². The number of amides is 1. The molecule has 4 rings (SSSR count). The first kappa shape index (κ1) is 17.1. The number of nitrogen functional groups attached to an aromatic ring is 1. The number of aromatic amines is 1. The zero-order valence-electron chi connectivity index (χ0n) is 15.4. The summed E-state index contributed by atoms with van der Waals surface area (Å²) in [6, 6.07) is 16.1. The van der Waals surface area contributed by atoms with Crippen LogP contribution in [0.3, 0.4) is 0 Å². The number of fused-ring (bicyclic) bond motifs is 1. The molecule has 6 heteroatoms. The first-order valence-corrected chi connectivity index (χ1v) is 9.08. The smallest absolute Gasteiger partial charge is 0.224 e. The van der Waals surface area contributed by atoms with Crippen LogP contribution in [0, 0.1) is 0 Å². The summed E-state index contributed by atoms with van der Waals surface area (Å²) in [6.45, 7) is 3.71. The Labute approximate surface area is 158 Å². The molecule has 2 atom stereocenters. The Balaban J connectivity index is 1.76. The number of carbonyl (C=O) groups is 1. The van der Waals surface area contributed by atoms with Crippen LogP contribution in [-0.4, -0.2) is 22.1 Å². The Morgan fingerprint density at radius 2 is 2.00 bits per heavy atom. The number of rotatable bonds is 3. The van der Waals surface area contributed by atoms with E-state index in [1.54, 1.807) is 13.1 Å². The van der Waals surface area contributed by atoms with Crippen LogP contribution < -0.4 is 16.0 Å². The minimum absolute atomic E-state index is 0.0592. The summed E-state index contributed by atoms with van der Waals surface area (Å²) in [5, 5.41) is 10.7. The highest BCUT2D eigenvalue weighted by molar-refractivity contribution is 5.94. The number of benzene rings is 2. The van der Waals surface area contributed by atoms with Gasteiger partial charge in [-0.2, -0.15) is 5.10 Å². The quantitative estimate of drug-likeness (QED) is 0.616. The largest absolute Gasteiger partial charge is 0.399 e. The lowest BCUT2D eigenvalue weighted by Gasteiger charge is -2.39. The molecule has 138 valence electrons. The molecule has 0 unspecified atom stereocenters. The number of hydrogen-bond acceptors (Lipinski definition) is 4. The van der Waals surface area contributed by atoms with Crippen LogP contribution in [0.4, 0.5) is 17.1 Å². The normalized spacial score (nSPS) is 18.8. The van der Waals surface area contributed by atoms with Crippen LogP contribution in [0.1, 0.15) is 31.9 Å². The number of carbonyl (C=O) groups excluding carboxylic acids is 1. The van der Waals surface area contributed by atoms with Crippen molar-refractivity contribution in [2.24, 2.45) is 0 Å². The SMILES string of the molecule is CC(=O)N1c2ccc(-c3ccn[nH]3)cc2[C@H](Nc2ccc(N)cc2)C[C@@H]1C. The summed E-state index contributed by atoms with van der Waals surface area (Å²) in [4.78, 5) is 14.1. The van der Waals surface area contributed by atoms with E-state index in [2.05, 4.69) is 28.5 Å². The first-order valence-electron chi connectivity index (χ1n) is 9.08. The Hall–Kier alpha value is -3.28. The van der Waals surface area contributed by atoms with Crippen LogP contribution >= 0.6 is 0 Å². The van der Waals surface area contributed by atoms with E-state index in [-0.39, 0.29) is 18.0 Å². The van der Waals surface area contributed by atoms with Crippen LogP contribution in [0.5, 0.6) is 0 Å². The van der Waals surface area contributed by atoms with E-state index in [1.807, 2.05) is 47.4 Å². The van der Waals surface area contributed by atoms with Crippen molar-refractivity contribution in [2.45, 2.75) is 32.4 Å². The molecule has 0 radical (unpaired) electrons. The molecular weight excluding hydrogens is 338 g/mol. The Morgan fingerprint density at radius 3 is 2.67 bits per heavy atom. The standard InChI is InChI=1S/C21H23N5O/c1-13-11-20(24-17-6-4-16(22)5-7-17)18-12-15(19-9-10-23-25-19)3-8-21(18)26(13)14(2)27/h3-10,12-13,20,24H,11,22H2,1-2H3,(H,23,25)/t13-,20+/m0/s1. The molecule has 1 aliphatic heterocycles. The number of nitrogens with zero attached hydrogens (tertiary/aromatic N) is 2. The van der Waals surface area contributed by atoms with Crippen molar-refractivity contribution in [3.05, 3.63) is 60.3 Å². The third-order valence-electron chi connectivity index (χ3n) is 5.08. The highest BCUT2D eigenvalue weighted by atomic mass is 16.2. The van der Waals surface area contributed by atoms with E-state index >= 15 is 0 Å². The van der Waals surface area contributed by atoms with Crippen LogP contribution in [0.15, 0.2) is 54.7 Å². The summed E-state index contributed by atoms with van der Waals surface area (Å²) < 4.78 is 0. The molecule has 0 fully saturated rings. The van der Waals surface area contributed by atoms with Crippen molar-refractivity contribution >= 4 is 23.0 Å². The number of anilines is 3.